The number of amides is 4. The molecular formula is C7H11N3O4. The van der Waals surface area contributed by atoms with E-state index in [0.717, 1.165) is 0 Å². The Kier molecular flexibility index (Phi) is 2.20. The molecule has 0 aromatic carbocycles. The molecule has 1 heterocycles. The molecule has 1 aliphatic heterocycles. The van der Waals surface area contributed by atoms with Gasteiger partial charge in [0.25, 0.3) is 11.8 Å². The molecule has 0 bridgehead atoms. The summed E-state index contributed by atoms with van der Waals surface area (Å²) < 4.78 is 0. The summed E-state index contributed by atoms with van der Waals surface area (Å²) in [6.45, 7) is 0. The van der Waals surface area contributed by atoms with Gasteiger partial charge in [0, 0.05) is 21.1 Å². The lowest BCUT2D eigenvalue weighted by Crippen LogP contribution is -2.58. The van der Waals surface area contributed by atoms with E-state index >= 15 is 0 Å². The Labute approximate surface area is 80.3 Å². The molecule has 0 unspecified atom stereocenters. The minimum atomic E-state index is -2.42. The minimum absolute atomic E-state index is 0.689. The molecule has 0 aromatic rings. The second-order valence-electron chi connectivity index (χ2n) is 2.96. The highest BCUT2D eigenvalue weighted by molar-refractivity contribution is 6.18. The van der Waals surface area contributed by atoms with Crippen molar-refractivity contribution in [3.05, 3.63) is 0 Å². The number of hydrogen-bond acceptors (Lipinski definition) is 4. The van der Waals surface area contributed by atoms with Crippen LogP contribution in [0.4, 0.5) is 4.79 Å². The number of hydrogen-bond donors (Lipinski definition) is 2. The largest absolute Gasteiger partial charge is 0.356 e. The fourth-order valence-electron chi connectivity index (χ4n) is 1.25. The number of urea groups is 1. The Morgan fingerprint density at radius 1 is 1.43 bits per heavy atom. The van der Waals surface area contributed by atoms with Crippen LogP contribution >= 0.6 is 0 Å². The van der Waals surface area contributed by atoms with Gasteiger partial charge in [-0.2, -0.15) is 0 Å². The molecule has 1 atom stereocenters. The fraction of sp³-hybridized carbons (Fsp3) is 0.571. The molecule has 7 nitrogen and oxygen atoms in total. The summed E-state index contributed by atoms with van der Waals surface area (Å²) in [6.07, 6.45) is 0. The number of nitrogens with one attached hydrogen (secondary N) is 1. The van der Waals surface area contributed by atoms with Gasteiger partial charge in [-0.15, -0.1) is 0 Å². The third-order valence-corrected chi connectivity index (χ3v) is 2.21. The number of carbonyl (C=O) groups is 3. The van der Waals surface area contributed by atoms with E-state index in [-0.39, 0.29) is 0 Å². The van der Waals surface area contributed by atoms with E-state index in [2.05, 4.69) is 5.32 Å². The maximum absolute atomic E-state index is 11.4. The first-order chi connectivity index (χ1) is 6.37. The standard InChI is InChI=1S/C7H11N3O4/c1-8-4(11)7(14)5(12)9(2)6(13)10(7)3/h14H,1-3H3,(H,8,11)/t7-/m1/s1. The highest BCUT2D eigenvalue weighted by Crippen LogP contribution is 2.22. The number of imide groups is 1. The lowest BCUT2D eigenvalue weighted by molar-refractivity contribution is -0.164. The Hall–Kier alpha value is -1.63. The molecule has 7 heteroatoms. The first kappa shape index (κ1) is 10.5. The zero-order chi connectivity index (χ0) is 11.1. The highest BCUT2D eigenvalue weighted by Gasteiger charge is 2.58. The fourth-order valence-corrected chi connectivity index (χ4v) is 1.25. The summed E-state index contributed by atoms with van der Waals surface area (Å²) in [7, 11) is 3.64. The number of nitrogens with zero attached hydrogens (tertiary/aromatic N) is 2. The first-order valence-electron chi connectivity index (χ1n) is 3.87. The SMILES string of the molecule is CNC(=O)[C@@]1(O)C(=O)N(C)C(=O)N1C. The summed E-state index contributed by atoms with van der Waals surface area (Å²) in [4.78, 5) is 35.3. The normalized spacial score (nSPS) is 27.1. The lowest BCUT2D eigenvalue weighted by Gasteiger charge is -2.23. The molecule has 1 rings (SSSR count). The van der Waals surface area contributed by atoms with Crippen molar-refractivity contribution < 1.29 is 19.5 Å². The molecule has 0 saturated carbocycles. The zero-order valence-electron chi connectivity index (χ0n) is 8.07. The van der Waals surface area contributed by atoms with E-state index < -0.39 is 23.6 Å². The van der Waals surface area contributed by atoms with Crippen LogP contribution < -0.4 is 5.32 Å². The van der Waals surface area contributed by atoms with Gasteiger partial charge in [-0.3, -0.25) is 19.4 Å². The van der Waals surface area contributed by atoms with Crippen LogP contribution in [0.1, 0.15) is 0 Å². The zero-order valence-corrected chi connectivity index (χ0v) is 8.07. The van der Waals surface area contributed by atoms with E-state index in [1.807, 2.05) is 0 Å². The molecule has 1 fully saturated rings. The van der Waals surface area contributed by atoms with Crippen molar-refractivity contribution in [3.63, 3.8) is 0 Å². The van der Waals surface area contributed by atoms with Gasteiger partial charge in [0.05, 0.1) is 0 Å². The Bertz CT molecular complexity index is 316. The molecule has 0 spiro atoms. The van der Waals surface area contributed by atoms with Crippen LogP contribution in [0, 0.1) is 0 Å². The molecule has 0 radical (unpaired) electrons. The van der Waals surface area contributed by atoms with Gasteiger partial charge in [0.1, 0.15) is 0 Å². The second kappa shape index (κ2) is 2.95. The van der Waals surface area contributed by atoms with Crippen molar-refractivity contribution in [2.24, 2.45) is 0 Å². The summed E-state index contributed by atoms with van der Waals surface area (Å²) >= 11 is 0. The molecule has 1 aliphatic rings. The maximum Gasteiger partial charge on any atom is 0.329 e. The third kappa shape index (κ3) is 0.987. The van der Waals surface area contributed by atoms with Crippen molar-refractivity contribution in [2.45, 2.75) is 5.72 Å². The van der Waals surface area contributed by atoms with Gasteiger partial charge in [-0.1, -0.05) is 0 Å². The first-order valence-corrected chi connectivity index (χ1v) is 3.87. The van der Waals surface area contributed by atoms with Crippen molar-refractivity contribution in [3.8, 4) is 0 Å². The summed E-state index contributed by atoms with van der Waals surface area (Å²) in [5.41, 5.74) is -2.42. The Morgan fingerprint density at radius 3 is 2.21 bits per heavy atom. The molecule has 14 heavy (non-hydrogen) atoms. The molecular weight excluding hydrogens is 190 g/mol. The van der Waals surface area contributed by atoms with Crippen LogP contribution in [0.3, 0.4) is 0 Å². The van der Waals surface area contributed by atoms with Crippen LogP contribution in [0.5, 0.6) is 0 Å². The van der Waals surface area contributed by atoms with Crippen LogP contribution in [-0.4, -0.2) is 59.6 Å². The molecule has 1 saturated heterocycles. The van der Waals surface area contributed by atoms with Crippen LogP contribution in [0.2, 0.25) is 0 Å². The predicted molar refractivity (Wildman–Crippen MR) is 44.9 cm³/mol. The van der Waals surface area contributed by atoms with E-state index in [1.54, 1.807) is 0 Å². The topological polar surface area (TPSA) is 90.0 Å². The van der Waals surface area contributed by atoms with Gasteiger partial charge in [-0.25, -0.2) is 4.79 Å². The Morgan fingerprint density at radius 2 is 1.93 bits per heavy atom. The van der Waals surface area contributed by atoms with Crippen LogP contribution in [0.25, 0.3) is 0 Å². The second-order valence-corrected chi connectivity index (χ2v) is 2.96. The van der Waals surface area contributed by atoms with Crippen molar-refractivity contribution >= 4 is 17.8 Å². The van der Waals surface area contributed by atoms with Crippen molar-refractivity contribution in [1.29, 1.82) is 0 Å². The van der Waals surface area contributed by atoms with Gasteiger partial charge in [0.15, 0.2) is 0 Å². The van der Waals surface area contributed by atoms with E-state index in [4.69, 9.17) is 0 Å². The molecule has 4 amide bonds. The van der Waals surface area contributed by atoms with Crippen molar-refractivity contribution in [1.82, 2.24) is 15.1 Å². The summed E-state index contributed by atoms with van der Waals surface area (Å²) in [6, 6.07) is -0.721. The monoisotopic (exact) mass is 201 g/mol. The Balaban J connectivity index is 3.17. The average molecular weight is 201 g/mol. The number of likely N-dealkylation sites (N-methyl/N-ethyl adjacent to an activating group) is 3. The quantitative estimate of drug-likeness (QED) is 0.377. The number of carbonyl (C=O) groups excluding carboxylic acids is 3. The van der Waals surface area contributed by atoms with Crippen molar-refractivity contribution in [2.75, 3.05) is 21.1 Å². The van der Waals surface area contributed by atoms with Gasteiger partial charge >= 0.3 is 11.8 Å². The number of rotatable bonds is 1. The molecule has 0 aromatic heterocycles. The molecule has 78 valence electrons. The molecule has 2 N–H and O–H groups in total. The van der Waals surface area contributed by atoms with Crippen LogP contribution in [0.15, 0.2) is 0 Å². The van der Waals surface area contributed by atoms with E-state index in [9.17, 15) is 19.5 Å². The highest BCUT2D eigenvalue weighted by atomic mass is 16.4. The maximum atomic E-state index is 11.4. The molecule has 0 aliphatic carbocycles. The van der Waals surface area contributed by atoms with Crippen LogP contribution in [-0.2, 0) is 9.59 Å². The number of aliphatic hydroxyl groups is 1. The van der Waals surface area contributed by atoms with Gasteiger partial charge < -0.3 is 10.4 Å². The smallest absolute Gasteiger partial charge is 0.329 e. The van der Waals surface area contributed by atoms with Gasteiger partial charge in [0.2, 0.25) is 0 Å². The summed E-state index contributed by atoms with van der Waals surface area (Å²) in [5.74, 6) is -1.88. The van der Waals surface area contributed by atoms with Gasteiger partial charge in [-0.05, 0) is 0 Å². The minimum Gasteiger partial charge on any atom is -0.356 e. The average Bonchev–Trinajstić information content (AvgIpc) is 2.34. The predicted octanol–water partition coefficient (Wildman–Crippen LogP) is -2.06. The lowest BCUT2D eigenvalue weighted by atomic mass is 10.2. The third-order valence-electron chi connectivity index (χ3n) is 2.21. The summed E-state index contributed by atoms with van der Waals surface area (Å²) in [5, 5.41) is 11.9. The van der Waals surface area contributed by atoms with E-state index in [1.165, 1.54) is 21.1 Å². The van der Waals surface area contributed by atoms with E-state index in [0.29, 0.717) is 9.80 Å².